The van der Waals surface area contributed by atoms with Crippen LogP contribution in [-0.4, -0.2) is 20.2 Å². The molecule has 1 fully saturated rings. The lowest BCUT2D eigenvalue weighted by molar-refractivity contribution is 0.563. The molecule has 1 aliphatic rings. The topological polar surface area (TPSA) is 69.6 Å². The summed E-state index contributed by atoms with van der Waals surface area (Å²) in [5, 5.41) is 12.5. The van der Waals surface area contributed by atoms with Gasteiger partial charge in [0.05, 0.1) is 16.8 Å². The van der Waals surface area contributed by atoms with Crippen LogP contribution in [0.4, 0.5) is 5.69 Å². The Morgan fingerprint density at radius 3 is 3.06 bits per heavy atom. The fourth-order valence-corrected chi connectivity index (χ4v) is 2.47. The third kappa shape index (κ3) is 1.75. The van der Waals surface area contributed by atoms with Crippen LogP contribution in [0.3, 0.4) is 0 Å². The fraction of sp³-hybridized carbons (Fsp3) is 0.417. The highest BCUT2D eigenvalue weighted by Gasteiger charge is 2.39. The highest BCUT2D eigenvalue weighted by molar-refractivity contribution is 6.33. The van der Waals surface area contributed by atoms with Crippen LogP contribution >= 0.6 is 11.6 Å². The Balaban J connectivity index is 2.03. The second-order valence-corrected chi connectivity index (χ2v) is 5.03. The van der Waals surface area contributed by atoms with Gasteiger partial charge in [0.1, 0.15) is 0 Å². The highest BCUT2D eigenvalue weighted by Crippen LogP contribution is 2.46. The van der Waals surface area contributed by atoms with E-state index in [-0.39, 0.29) is 0 Å². The van der Waals surface area contributed by atoms with Gasteiger partial charge >= 0.3 is 0 Å². The van der Waals surface area contributed by atoms with E-state index in [0.29, 0.717) is 28.5 Å². The average molecular weight is 264 g/mol. The zero-order valence-electron chi connectivity index (χ0n) is 10.0. The summed E-state index contributed by atoms with van der Waals surface area (Å²) in [6.45, 7) is 2.18. The molecule has 2 aromatic rings. The normalized spacial score (nSPS) is 22.1. The van der Waals surface area contributed by atoms with Crippen molar-refractivity contribution in [1.29, 1.82) is 0 Å². The van der Waals surface area contributed by atoms with Gasteiger partial charge in [0.2, 0.25) is 0 Å². The van der Waals surface area contributed by atoms with E-state index in [4.69, 9.17) is 17.3 Å². The summed E-state index contributed by atoms with van der Waals surface area (Å²) in [4.78, 5) is 0. The SMILES string of the molecule is CCC1CC1n1nnnc1-c1cccc(Cl)c1N. The molecule has 0 amide bonds. The molecule has 2 N–H and O–H groups in total. The first-order chi connectivity index (χ1) is 8.72. The van der Waals surface area contributed by atoms with Crippen molar-refractivity contribution in [3.8, 4) is 11.4 Å². The second-order valence-electron chi connectivity index (χ2n) is 4.62. The number of benzene rings is 1. The average Bonchev–Trinajstić information content (AvgIpc) is 3.01. The van der Waals surface area contributed by atoms with Crippen LogP contribution in [0.5, 0.6) is 0 Å². The molecule has 0 bridgehead atoms. The minimum Gasteiger partial charge on any atom is -0.397 e. The van der Waals surface area contributed by atoms with E-state index < -0.39 is 0 Å². The van der Waals surface area contributed by atoms with Gasteiger partial charge in [0, 0.05) is 5.56 Å². The molecule has 1 saturated carbocycles. The Hall–Kier alpha value is -1.62. The maximum atomic E-state index is 6.03. The summed E-state index contributed by atoms with van der Waals surface area (Å²) in [6, 6.07) is 5.92. The summed E-state index contributed by atoms with van der Waals surface area (Å²) in [5.41, 5.74) is 7.32. The molecule has 0 spiro atoms. The first-order valence-electron chi connectivity index (χ1n) is 6.04. The number of halogens is 1. The van der Waals surface area contributed by atoms with Crippen LogP contribution in [-0.2, 0) is 0 Å². The third-order valence-corrected chi connectivity index (χ3v) is 3.84. The van der Waals surface area contributed by atoms with Gasteiger partial charge in [-0.3, -0.25) is 0 Å². The molecule has 18 heavy (non-hydrogen) atoms. The van der Waals surface area contributed by atoms with Gasteiger partial charge in [-0.15, -0.1) is 5.10 Å². The van der Waals surface area contributed by atoms with Crippen LogP contribution in [0.15, 0.2) is 18.2 Å². The number of anilines is 1. The van der Waals surface area contributed by atoms with Crippen LogP contribution in [0.25, 0.3) is 11.4 Å². The molecule has 0 saturated heterocycles. The number of rotatable bonds is 3. The van der Waals surface area contributed by atoms with E-state index >= 15 is 0 Å². The predicted octanol–water partition coefficient (Wildman–Crippen LogP) is 2.55. The molecule has 1 aliphatic carbocycles. The number of nitrogen functional groups attached to an aromatic ring is 1. The lowest BCUT2D eigenvalue weighted by Crippen LogP contribution is -2.03. The third-order valence-electron chi connectivity index (χ3n) is 3.51. The van der Waals surface area contributed by atoms with Crippen molar-refractivity contribution in [2.24, 2.45) is 5.92 Å². The quantitative estimate of drug-likeness (QED) is 0.864. The highest BCUT2D eigenvalue weighted by atomic mass is 35.5. The zero-order valence-corrected chi connectivity index (χ0v) is 10.8. The zero-order chi connectivity index (χ0) is 12.7. The van der Waals surface area contributed by atoms with Crippen molar-refractivity contribution in [2.75, 3.05) is 5.73 Å². The minimum absolute atomic E-state index is 0.401. The Bertz CT molecular complexity index is 580. The number of nitrogens with two attached hydrogens (primary N) is 1. The maximum absolute atomic E-state index is 6.03. The number of nitrogens with zero attached hydrogens (tertiary/aromatic N) is 4. The van der Waals surface area contributed by atoms with Gasteiger partial charge < -0.3 is 5.73 Å². The smallest absolute Gasteiger partial charge is 0.184 e. The molecular formula is C12H14ClN5. The van der Waals surface area contributed by atoms with E-state index in [1.807, 2.05) is 16.8 Å². The molecular weight excluding hydrogens is 250 g/mol. The van der Waals surface area contributed by atoms with E-state index in [1.54, 1.807) is 6.07 Å². The number of hydrogen-bond donors (Lipinski definition) is 1. The second kappa shape index (κ2) is 4.24. The van der Waals surface area contributed by atoms with Crippen LogP contribution in [0.2, 0.25) is 5.02 Å². The van der Waals surface area contributed by atoms with Gasteiger partial charge in [0.15, 0.2) is 5.82 Å². The molecule has 5 nitrogen and oxygen atoms in total. The van der Waals surface area contributed by atoms with Crippen LogP contribution in [0.1, 0.15) is 25.8 Å². The Labute approximate surface area is 110 Å². The standard InChI is InChI=1S/C12H14ClN5/c1-2-7-6-10(7)18-12(15-16-17-18)8-4-3-5-9(13)11(8)14/h3-5,7,10H,2,6,14H2,1H3. The minimum atomic E-state index is 0.401. The van der Waals surface area contributed by atoms with Crippen molar-refractivity contribution >= 4 is 17.3 Å². The Morgan fingerprint density at radius 2 is 2.33 bits per heavy atom. The van der Waals surface area contributed by atoms with E-state index in [2.05, 4.69) is 22.4 Å². The fourth-order valence-electron chi connectivity index (χ4n) is 2.30. The predicted molar refractivity (Wildman–Crippen MR) is 70.1 cm³/mol. The number of aromatic nitrogens is 4. The number of para-hydroxylation sites is 1. The van der Waals surface area contributed by atoms with E-state index in [9.17, 15) is 0 Å². The van der Waals surface area contributed by atoms with Crippen LogP contribution in [0, 0.1) is 5.92 Å². The first-order valence-corrected chi connectivity index (χ1v) is 6.42. The van der Waals surface area contributed by atoms with E-state index in [1.165, 1.54) is 0 Å². The van der Waals surface area contributed by atoms with Crippen molar-refractivity contribution in [3.63, 3.8) is 0 Å². The maximum Gasteiger partial charge on any atom is 0.184 e. The largest absolute Gasteiger partial charge is 0.397 e. The number of tetrazole rings is 1. The monoisotopic (exact) mass is 263 g/mol. The molecule has 0 radical (unpaired) electrons. The van der Waals surface area contributed by atoms with Gasteiger partial charge in [-0.2, -0.15) is 0 Å². The van der Waals surface area contributed by atoms with Crippen molar-refractivity contribution in [1.82, 2.24) is 20.2 Å². The molecule has 3 rings (SSSR count). The van der Waals surface area contributed by atoms with Crippen molar-refractivity contribution < 1.29 is 0 Å². The molecule has 1 heterocycles. The Kier molecular flexibility index (Phi) is 2.70. The number of hydrogen-bond acceptors (Lipinski definition) is 4. The van der Waals surface area contributed by atoms with Crippen molar-refractivity contribution in [3.05, 3.63) is 23.2 Å². The summed E-state index contributed by atoms with van der Waals surface area (Å²) in [5.74, 6) is 1.38. The molecule has 2 atom stereocenters. The van der Waals surface area contributed by atoms with Gasteiger partial charge in [-0.25, -0.2) is 4.68 Å². The molecule has 1 aromatic heterocycles. The molecule has 94 valence electrons. The molecule has 1 aromatic carbocycles. The lowest BCUT2D eigenvalue weighted by atomic mass is 10.1. The summed E-state index contributed by atoms with van der Waals surface area (Å²) in [7, 11) is 0. The van der Waals surface area contributed by atoms with Gasteiger partial charge in [-0.1, -0.05) is 31.0 Å². The molecule has 0 aliphatic heterocycles. The summed E-state index contributed by atoms with van der Waals surface area (Å²) in [6.07, 6.45) is 2.28. The molecule has 6 heteroatoms. The summed E-state index contributed by atoms with van der Waals surface area (Å²) < 4.78 is 1.87. The van der Waals surface area contributed by atoms with Crippen LogP contribution < -0.4 is 5.73 Å². The van der Waals surface area contributed by atoms with Gasteiger partial charge in [-0.05, 0) is 34.9 Å². The van der Waals surface area contributed by atoms with Crippen molar-refractivity contribution in [2.45, 2.75) is 25.8 Å². The summed E-state index contributed by atoms with van der Waals surface area (Å²) >= 11 is 6.03. The lowest BCUT2D eigenvalue weighted by Gasteiger charge is -2.07. The van der Waals surface area contributed by atoms with Gasteiger partial charge in [0.25, 0.3) is 0 Å². The van der Waals surface area contributed by atoms with E-state index in [0.717, 1.165) is 18.4 Å². The Morgan fingerprint density at radius 1 is 1.50 bits per heavy atom. The first kappa shape index (κ1) is 11.5. The molecule has 2 unspecified atom stereocenters.